The average molecular weight is 241 g/mol. The monoisotopic (exact) mass is 241 g/mol. The first kappa shape index (κ1) is 10.00. The van der Waals surface area contributed by atoms with Gasteiger partial charge in [-0.2, -0.15) is 0 Å². The van der Waals surface area contributed by atoms with Gasteiger partial charge in [-0.05, 0) is 18.1 Å². The lowest BCUT2D eigenvalue weighted by atomic mass is 9.98. The van der Waals surface area contributed by atoms with E-state index in [-0.39, 0.29) is 6.03 Å². The maximum atomic E-state index is 11.8. The Hall–Kier alpha value is -1.97. The van der Waals surface area contributed by atoms with E-state index in [1.165, 1.54) is 22.2 Å². The average Bonchev–Trinajstić information content (AvgIpc) is 2.90. The zero-order chi connectivity index (χ0) is 12.3. The molecule has 1 fully saturated rings. The highest BCUT2D eigenvalue weighted by Gasteiger charge is 2.37. The number of carbonyl (C=O) groups excluding carboxylic acids is 1. The number of urea groups is 1. The maximum absolute atomic E-state index is 11.8. The molecule has 0 spiro atoms. The molecule has 0 saturated carbocycles. The van der Waals surface area contributed by atoms with E-state index in [0.29, 0.717) is 6.04 Å². The molecule has 4 rings (SSSR count). The van der Waals surface area contributed by atoms with Crippen LogP contribution in [0.1, 0.15) is 11.3 Å². The van der Waals surface area contributed by atoms with Crippen LogP contribution in [-0.4, -0.2) is 28.1 Å². The molecule has 1 N–H and O–H groups in total. The Kier molecular flexibility index (Phi) is 1.82. The van der Waals surface area contributed by atoms with Crippen LogP contribution in [0.5, 0.6) is 0 Å². The molecule has 1 atom stereocenters. The number of fused-ring (bicyclic) bond motifs is 4. The van der Waals surface area contributed by atoms with E-state index in [9.17, 15) is 4.79 Å². The summed E-state index contributed by atoms with van der Waals surface area (Å²) in [5.74, 6) is 0. The lowest BCUT2D eigenvalue weighted by Crippen LogP contribution is -2.39. The molecular formula is C14H15N3O. The van der Waals surface area contributed by atoms with Crippen molar-refractivity contribution in [3.05, 3.63) is 35.5 Å². The van der Waals surface area contributed by atoms with Crippen molar-refractivity contribution in [2.75, 3.05) is 6.54 Å². The van der Waals surface area contributed by atoms with Gasteiger partial charge < -0.3 is 14.8 Å². The molecule has 2 aliphatic rings. The minimum absolute atomic E-state index is 0.0795. The predicted molar refractivity (Wildman–Crippen MR) is 69.4 cm³/mol. The van der Waals surface area contributed by atoms with Crippen LogP contribution >= 0.6 is 0 Å². The lowest BCUT2D eigenvalue weighted by molar-refractivity contribution is 0.194. The molecule has 3 heterocycles. The SMILES string of the molecule is Cn1c2c(c3ccccc31)CC1CNC(=O)N1C2. The predicted octanol–water partition coefficient (Wildman–Crippen LogP) is 1.63. The van der Waals surface area contributed by atoms with Crippen LogP contribution in [0, 0.1) is 0 Å². The Morgan fingerprint density at radius 2 is 2.17 bits per heavy atom. The summed E-state index contributed by atoms with van der Waals surface area (Å²) in [6, 6.07) is 8.91. The van der Waals surface area contributed by atoms with Crippen LogP contribution in [0.15, 0.2) is 24.3 Å². The van der Waals surface area contributed by atoms with Crippen LogP contribution in [0.25, 0.3) is 10.9 Å². The number of aryl methyl sites for hydroxylation is 1. The van der Waals surface area contributed by atoms with Gasteiger partial charge in [0, 0.05) is 30.2 Å². The van der Waals surface area contributed by atoms with E-state index < -0.39 is 0 Å². The third kappa shape index (κ3) is 1.12. The molecular weight excluding hydrogens is 226 g/mol. The van der Waals surface area contributed by atoms with E-state index >= 15 is 0 Å². The van der Waals surface area contributed by atoms with Crippen LogP contribution in [0.3, 0.4) is 0 Å². The van der Waals surface area contributed by atoms with Crippen molar-refractivity contribution < 1.29 is 4.79 Å². The summed E-state index contributed by atoms with van der Waals surface area (Å²) >= 11 is 0. The van der Waals surface area contributed by atoms with Crippen molar-refractivity contribution in [2.45, 2.75) is 19.0 Å². The molecule has 0 aliphatic carbocycles. The lowest BCUT2D eigenvalue weighted by Gasteiger charge is -2.29. The van der Waals surface area contributed by atoms with Crippen molar-refractivity contribution in [1.29, 1.82) is 0 Å². The minimum atomic E-state index is 0.0795. The summed E-state index contributed by atoms with van der Waals surface area (Å²) in [5, 5.41) is 4.27. The number of rotatable bonds is 0. The van der Waals surface area contributed by atoms with Gasteiger partial charge in [-0.3, -0.25) is 0 Å². The third-order valence-corrected chi connectivity index (χ3v) is 4.29. The van der Waals surface area contributed by atoms with Gasteiger partial charge in [0.2, 0.25) is 0 Å². The first-order chi connectivity index (χ1) is 8.75. The molecule has 92 valence electrons. The summed E-state index contributed by atoms with van der Waals surface area (Å²) in [5.41, 5.74) is 3.97. The van der Waals surface area contributed by atoms with Gasteiger partial charge in [-0.1, -0.05) is 18.2 Å². The fourth-order valence-electron chi connectivity index (χ4n) is 3.32. The van der Waals surface area contributed by atoms with E-state index in [1.54, 1.807) is 0 Å². The Balaban J connectivity index is 1.93. The largest absolute Gasteiger partial charge is 0.346 e. The Morgan fingerprint density at radius 1 is 1.33 bits per heavy atom. The molecule has 1 unspecified atom stereocenters. The van der Waals surface area contributed by atoms with Crippen molar-refractivity contribution in [2.24, 2.45) is 7.05 Å². The quantitative estimate of drug-likeness (QED) is 0.748. The van der Waals surface area contributed by atoms with E-state index in [1.807, 2.05) is 4.90 Å². The van der Waals surface area contributed by atoms with Crippen molar-refractivity contribution in [1.82, 2.24) is 14.8 Å². The third-order valence-electron chi connectivity index (χ3n) is 4.29. The van der Waals surface area contributed by atoms with Gasteiger partial charge in [-0.15, -0.1) is 0 Å². The van der Waals surface area contributed by atoms with Gasteiger partial charge >= 0.3 is 6.03 Å². The smallest absolute Gasteiger partial charge is 0.318 e. The van der Waals surface area contributed by atoms with Crippen molar-refractivity contribution in [3.63, 3.8) is 0 Å². The number of nitrogens with zero attached hydrogens (tertiary/aromatic N) is 2. The molecule has 2 aromatic rings. The summed E-state index contributed by atoms with van der Waals surface area (Å²) in [6.07, 6.45) is 0.968. The summed E-state index contributed by atoms with van der Waals surface area (Å²) in [6.45, 7) is 1.51. The molecule has 4 nitrogen and oxygen atoms in total. The Labute approximate surface area is 105 Å². The van der Waals surface area contributed by atoms with Gasteiger partial charge in [0.1, 0.15) is 0 Å². The number of amides is 2. The Morgan fingerprint density at radius 3 is 3.06 bits per heavy atom. The zero-order valence-corrected chi connectivity index (χ0v) is 10.3. The number of nitrogens with one attached hydrogen (secondary N) is 1. The number of hydrogen-bond acceptors (Lipinski definition) is 1. The van der Waals surface area contributed by atoms with Crippen LogP contribution in [-0.2, 0) is 20.0 Å². The molecule has 2 amide bonds. The Bertz CT molecular complexity index is 658. The molecule has 18 heavy (non-hydrogen) atoms. The van der Waals surface area contributed by atoms with Crippen molar-refractivity contribution in [3.8, 4) is 0 Å². The second kappa shape index (κ2) is 3.28. The normalized spacial score (nSPS) is 21.9. The highest BCUT2D eigenvalue weighted by Crippen LogP contribution is 2.33. The van der Waals surface area contributed by atoms with Gasteiger partial charge in [0.15, 0.2) is 0 Å². The standard InChI is InChI=1S/C14H15N3O/c1-16-12-5-3-2-4-10(12)11-6-9-7-15-14(18)17(9)8-13(11)16/h2-5,9H,6-8H2,1H3,(H,15,18). The molecule has 1 saturated heterocycles. The van der Waals surface area contributed by atoms with E-state index in [4.69, 9.17) is 0 Å². The van der Waals surface area contributed by atoms with Gasteiger partial charge in [0.05, 0.1) is 12.6 Å². The molecule has 2 aliphatic heterocycles. The molecule has 4 heteroatoms. The van der Waals surface area contributed by atoms with E-state index in [2.05, 4.69) is 41.2 Å². The molecule has 1 aromatic carbocycles. The van der Waals surface area contributed by atoms with E-state index in [0.717, 1.165) is 19.5 Å². The highest BCUT2D eigenvalue weighted by atomic mass is 16.2. The first-order valence-corrected chi connectivity index (χ1v) is 6.35. The summed E-state index contributed by atoms with van der Waals surface area (Å²) in [7, 11) is 2.09. The number of aromatic nitrogens is 1. The fourth-order valence-corrected chi connectivity index (χ4v) is 3.32. The second-order valence-electron chi connectivity index (χ2n) is 5.17. The second-order valence-corrected chi connectivity index (χ2v) is 5.17. The van der Waals surface area contributed by atoms with Crippen LogP contribution < -0.4 is 5.32 Å². The number of benzene rings is 1. The molecule has 0 bridgehead atoms. The topological polar surface area (TPSA) is 37.3 Å². The van der Waals surface area contributed by atoms with Gasteiger partial charge in [-0.25, -0.2) is 4.79 Å². The first-order valence-electron chi connectivity index (χ1n) is 6.35. The van der Waals surface area contributed by atoms with Crippen LogP contribution in [0.2, 0.25) is 0 Å². The zero-order valence-electron chi connectivity index (χ0n) is 10.3. The molecule has 1 aromatic heterocycles. The summed E-state index contributed by atoms with van der Waals surface area (Å²) < 4.78 is 2.23. The van der Waals surface area contributed by atoms with Crippen LogP contribution in [0.4, 0.5) is 4.79 Å². The fraction of sp³-hybridized carbons (Fsp3) is 0.357. The number of para-hydroxylation sites is 1. The molecule has 0 radical (unpaired) electrons. The van der Waals surface area contributed by atoms with Gasteiger partial charge in [0.25, 0.3) is 0 Å². The minimum Gasteiger partial charge on any atom is -0.346 e. The van der Waals surface area contributed by atoms with Crippen molar-refractivity contribution >= 4 is 16.9 Å². The highest BCUT2D eigenvalue weighted by molar-refractivity contribution is 5.87. The number of hydrogen-bond donors (Lipinski definition) is 1. The summed E-state index contributed by atoms with van der Waals surface area (Å²) in [4.78, 5) is 13.7. The maximum Gasteiger partial charge on any atom is 0.318 e. The number of carbonyl (C=O) groups is 1.